The SMILES string of the molecule is N#CC(=CNc1ccccc1CN1CCCC1=O)c1nn[nH]n1. The quantitative estimate of drug-likeness (QED) is 0.805. The van der Waals surface area contributed by atoms with E-state index in [1.54, 1.807) is 0 Å². The third kappa shape index (κ3) is 3.35. The molecule has 0 unspecified atom stereocenters. The van der Waals surface area contributed by atoms with Gasteiger partial charge in [-0.1, -0.05) is 18.2 Å². The molecule has 0 saturated carbocycles. The monoisotopic (exact) mass is 309 g/mol. The fourth-order valence-electron chi connectivity index (χ4n) is 2.45. The fraction of sp³-hybridized carbons (Fsp3) is 0.267. The van der Waals surface area contributed by atoms with Crippen LogP contribution in [0.1, 0.15) is 24.2 Å². The van der Waals surface area contributed by atoms with Gasteiger partial charge in [-0.15, -0.1) is 10.2 Å². The number of H-pyrrole nitrogens is 1. The molecule has 8 heteroatoms. The zero-order chi connectivity index (χ0) is 16.1. The minimum atomic E-state index is 0.180. The fourth-order valence-corrected chi connectivity index (χ4v) is 2.45. The number of aromatic nitrogens is 4. The average molecular weight is 309 g/mol. The van der Waals surface area contributed by atoms with Crippen LogP contribution in [0, 0.1) is 11.3 Å². The number of hydrogen-bond donors (Lipinski definition) is 2. The lowest BCUT2D eigenvalue weighted by molar-refractivity contribution is -0.128. The highest BCUT2D eigenvalue weighted by Crippen LogP contribution is 2.21. The molecule has 23 heavy (non-hydrogen) atoms. The summed E-state index contributed by atoms with van der Waals surface area (Å²) in [5, 5.41) is 25.6. The van der Waals surface area contributed by atoms with Gasteiger partial charge in [0.05, 0.1) is 0 Å². The Morgan fingerprint density at radius 2 is 2.35 bits per heavy atom. The summed E-state index contributed by atoms with van der Waals surface area (Å²) >= 11 is 0. The second-order valence-electron chi connectivity index (χ2n) is 5.13. The Kier molecular flexibility index (Phi) is 4.29. The molecule has 0 aliphatic carbocycles. The molecule has 1 amide bonds. The number of rotatable bonds is 5. The van der Waals surface area contributed by atoms with Gasteiger partial charge in [-0.2, -0.15) is 10.5 Å². The molecule has 0 atom stereocenters. The van der Waals surface area contributed by atoms with Gasteiger partial charge in [-0.25, -0.2) is 0 Å². The number of para-hydroxylation sites is 1. The van der Waals surface area contributed by atoms with E-state index in [1.165, 1.54) is 6.20 Å². The Hall–Kier alpha value is -3.21. The van der Waals surface area contributed by atoms with E-state index in [1.807, 2.05) is 35.2 Å². The van der Waals surface area contributed by atoms with Gasteiger partial charge in [-0.3, -0.25) is 4.79 Å². The lowest BCUT2D eigenvalue weighted by Gasteiger charge is -2.18. The summed E-state index contributed by atoms with van der Waals surface area (Å²) in [7, 11) is 0. The van der Waals surface area contributed by atoms with Gasteiger partial charge in [0.2, 0.25) is 11.7 Å². The summed E-state index contributed by atoms with van der Waals surface area (Å²) in [5.41, 5.74) is 2.10. The minimum Gasteiger partial charge on any atom is -0.360 e. The number of carbonyl (C=O) groups excluding carboxylic acids is 1. The number of hydrogen-bond acceptors (Lipinski definition) is 6. The van der Waals surface area contributed by atoms with Crippen molar-refractivity contribution in [2.75, 3.05) is 11.9 Å². The maximum atomic E-state index is 11.8. The Bertz CT molecular complexity index is 760. The molecule has 1 fully saturated rings. The first kappa shape index (κ1) is 14.7. The first-order chi connectivity index (χ1) is 11.3. The van der Waals surface area contributed by atoms with Crippen LogP contribution < -0.4 is 5.32 Å². The number of carbonyl (C=O) groups is 1. The van der Waals surface area contributed by atoms with Gasteiger partial charge in [0.15, 0.2) is 0 Å². The highest BCUT2D eigenvalue weighted by atomic mass is 16.2. The topological polar surface area (TPSA) is 111 Å². The predicted molar refractivity (Wildman–Crippen MR) is 82.5 cm³/mol. The number of nitrogens with one attached hydrogen (secondary N) is 2. The van der Waals surface area contributed by atoms with Crippen molar-refractivity contribution >= 4 is 17.2 Å². The van der Waals surface area contributed by atoms with Crippen LogP contribution in [-0.2, 0) is 11.3 Å². The van der Waals surface area contributed by atoms with E-state index in [-0.39, 0.29) is 17.3 Å². The van der Waals surface area contributed by atoms with Crippen molar-refractivity contribution in [3.8, 4) is 6.07 Å². The first-order valence-electron chi connectivity index (χ1n) is 7.24. The molecule has 2 heterocycles. The molecule has 2 N–H and O–H groups in total. The highest BCUT2D eigenvalue weighted by molar-refractivity contribution is 5.78. The standard InChI is InChI=1S/C15H15N7O/c16-8-12(15-18-20-21-19-15)9-17-13-5-2-1-4-11(13)10-22-7-3-6-14(22)23/h1-2,4-5,9,17H,3,6-7,10H2,(H,18,19,20,21). The number of allylic oxidation sites excluding steroid dienone is 1. The van der Waals surface area contributed by atoms with Crippen LogP contribution in [0.2, 0.25) is 0 Å². The van der Waals surface area contributed by atoms with E-state index >= 15 is 0 Å². The number of likely N-dealkylation sites (tertiary alicyclic amines) is 1. The minimum absolute atomic E-state index is 0.180. The van der Waals surface area contributed by atoms with Crippen molar-refractivity contribution < 1.29 is 4.79 Å². The molecule has 3 rings (SSSR count). The van der Waals surface area contributed by atoms with Crippen LogP contribution in [0.5, 0.6) is 0 Å². The van der Waals surface area contributed by atoms with E-state index < -0.39 is 0 Å². The number of anilines is 1. The molecule has 1 aliphatic heterocycles. The number of nitriles is 1. The molecular weight excluding hydrogens is 294 g/mol. The van der Waals surface area contributed by atoms with Crippen molar-refractivity contribution in [1.29, 1.82) is 5.26 Å². The zero-order valence-corrected chi connectivity index (χ0v) is 12.4. The molecule has 8 nitrogen and oxygen atoms in total. The number of benzene rings is 1. The van der Waals surface area contributed by atoms with Gasteiger partial charge < -0.3 is 10.2 Å². The highest BCUT2D eigenvalue weighted by Gasteiger charge is 2.20. The Morgan fingerprint density at radius 3 is 3.04 bits per heavy atom. The first-order valence-corrected chi connectivity index (χ1v) is 7.24. The van der Waals surface area contributed by atoms with Gasteiger partial charge in [-0.05, 0) is 23.3 Å². The van der Waals surface area contributed by atoms with Crippen LogP contribution in [0.4, 0.5) is 5.69 Å². The Balaban J connectivity index is 1.78. The van der Waals surface area contributed by atoms with E-state index in [2.05, 4.69) is 25.9 Å². The number of amides is 1. The number of tetrazole rings is 1. The Labute approximate surface area is 132 Å². The summed E-state index contributed by atoms with van der Waals surface area (Å²) in [4.78, 5) is 13.6. The van der Waals surface area contributed by atoms with Gasteiger partial charge >= 0.3 is 0 Å². The van der Waals surface area contributed by atoms with E-state index in [0.717, 1.165) is 24.2 Å². The maximum absolute atomic E-state index is 11.8. The third-order valence-electron chi connectivity index (χ3n) is 3.63. The lowest BCUT2D eigenvalue weighted by Crippen LogP contribution is -2.24. The summed E-state index contributed by atoms with van der Waals surface area (Å²) in [5.74, 6) is 0.409. The summed E-state index contributed by atoms with van der Waals surface area (Å²) in [6.07, 6.45) is 3.06. The van der Waals surface area contributed by atoms with Crippen molar-refractivity contribution in [3.05, 3.63) is 41.9 Å². The predicted octanol–water partition coefficient (Wildman–Crippen LogP) is 1.30. The van der Waals surface area contributed by atoms with Crippen LogP contribution in [0.3, 0.4) is 0 Å². The summed E-state index contributed by atoms with van der Waals surface area (Å²) in [6, 6.07) is 9.70. The normalized spacial score (nSPS) is 14.8. The molecule has 0 spiro atoms. The number of aromatic amines is 1. The lowest BCUT2D eigenvalue weighted by atomic mass is 10.1. The van der Waals surface area contributed by atoms with Crippen molar-refractivity contribution in [2.45, 2.75) is 19.4 Å². The smallest absolute Gasteiger partial charge is 0.222 e. The molecule has 1 saturated heterocycles. The average Bonchev–Trinajstić information content (AvgIpc) is 3.22. The number of nitrogens with zero attached hydrogens (tertiary/aromatic N) is 5. The second kappa shape index (κ2) is 6.70. The van der Waals surface area contributed by atoms with Crippen LogP contribution in [0.25, 0.3) is 5.57 Å². The second-order valence-corrected chi connectivity index (χ2v) is 5.13. The Morgan fingerprint density at radius 1 is 1.48 bits per heavy atom. The zero-order valence-electron chi connectivity index (χ0n) is 12.4. The summed E-state index contributed by atoms with van der Waals surface area (Å²) in [6.45, 7) is 1.34. The van der Waals surface area contributed by atoms with Gasteiger partial charge in [0.1, 0.15) is 11.6 Å². The van der Waals surface area contributed by atoms with Crippen LogP contribution in [0.15, 0.2) is 30.5 Å². The summed E-state index contributed by atoms with van der Waals surface area (Å²) < 4.78 is 0. The molecule has 2 aromatic rings. The van der Waals surface area contributed by atoms with Crippen molar-refractivity contribution in [2.24, 2.45) is 0 Å². The van der Waals surface area contributed by atoms with Crippen molar-refractivity contribution in [1.82, 2.24) is 25.5 Å². The maximum Gasteiger partial charge on any atom is 0.222 e. The molecule has 1 aromatic heterocycles. The molecular formula is C15H15N7O. The molecule has 1 aromatic carbocycles. The van der Waals surface area contributed by atoms with Crippen LogP contribution >= 0.6 is 0 Å². The molecule has 0 bridgehead atoms. The van der Waals surface area contributed by atoms with E-state index in [4.69, 9.17) is 0 Å². The van der Waals surface area contributed by atoms with E-state index in [9.17, 15) is 10.1 Å². The van der Waals surface area contributed by atoms with Gasteiger partial charge in [0.25, 0.3) is 0 Å². The van der Waals surface area contributed by atoms with Crippen molar-refractivity contribution in [3.63, 3.8) is 0 Å². The third-order valence-corrected chi connectivity index (χ3v) is 3.63. The molecule has 1 aliphatic rings. The van der Waals surface area contributed by atoms with Crippen LogP contribution in [-0.4, -0.2) is 38.0 Å². The largest absolute Gasteiger partial charge is 0.360 e. The van der Waals surface area contributed by atoms with E-state index in [0.29, 0.717) is 13.0 Å². The van der Waals surface area contributed by atoms with Gasteiger partial charge in [0, 0.05) is 31.4 Å². The molecule has 116 valence electrons. The molecule has 0 radical (unpaired) electrons.